The Kier molecular flexibility index (Phi) is 6.77. The number of nitrogens with two attached hydrogens (primary N) is 1. The lowest BCUT2D eigenvalue weighted by atomic mass is 9.96. The molecule has 1 fully saturated rings. The first-order valence-corrected chi connectivity index (χ1v) is 11.5. The number of carbonyl (C=O) groups excluding carboxylic acids is 2. The van der Waals surface area contributed by atoms with Crippen molar-refractivity contribution in [3.8, 4) is 0 Å². The minimum atomic E-state index is -3.93. The van der Waals surface area contributed by atoms with Crippen molar-refractivity contribution in [1.82, 2.24) is 4.90 Å². The Morgan fingerprint density at radius 1 is 1.03 bits per heavy atom. The Balaban J connectivity index is 1.91. The first-order valence-electron chi connectivity index (χ1n) is 10.1. The summed E-state index contributed by atoms with van der Waals surface area (Å²) in [7, 11) is -3.93. The summed E-state index contributed by atoms with van der Waals surface area (Å²) in [5.41, 5.74) is 6.72. The van der Waals surface area contributed by atoms with Gasteiger partial charge in [0, 0.05) is 19.0 Å². The van der Waals surface area contributed by atoms with Gasteiger partial charge >= 0.3 is 0 Å². The van der Waals surface area contributed by atoms with Crippen molar-refractivity contribution in [3.05, 3.63) is 60.2 Å². The number of sulfonamides is 1. The summed E-state index contributed by atoms with van der Waals surface area (Å²) in [6, 6.07) is 15.3. The highest BCUT2D eigenvalue weighted by molar-refractivity contribution is 7.92. The van der Waals surface area contributed by atoms with Crippen LogP contribution >= 0.6 is 0 Å². The van der Waals surface area contributed by atoms with Crippen LogP contribution in [0.15, 0.2) is 59.5 Å². The first-order chi connectivity index (χ1) is 14.3. The summed E-state index contributed by atoms with van der Waals surface area (Å²) in [6.45, 7) is 2.43. The summed E-state index contributed by atoms with van der Waals surface area (Å²) in [5.74, 6) is -0.880. The van der Waals surface area contributed by atoms with E-state index in [0.29, 0.717) is 38.0 Å². The van der Waals surface area contributed by atoms with Gasteiger partial charge in [0.25, 0.3) is 10.0 Å². The SMILES string of the molecule is CCc1ccccc1N(CC(=O)N1CCC(C(N)=O)CC1)S(=O)(=O)c1ccccc1. The lowest BCUT2D eigenvalue weighted by Gasteiger charge is -2.33. The number of anilines is 1. The number of amides is 2. The molecule has 160 valence electrons. The Morgan fingerprint density at radius 2 is 1.63 bits per heavy atom. The highest BCUT2D eigenvalue weighted by Gasteiger charge is 2.32. The molecule has 0 bridgehead atoms. The number of hydrogen-bond donors (Lipinski definition) is 1. The highest BCUT2D eigenvalue weighted by atomic mass is 32.2. The van der Waals surface area contributed by atoms with E-state index in [4.69, 9.17) is 5.73 Å². The van der Waals surface area contributed by atoms with Crippen LogP contribution in [0.4, 0.5) is 5.69 Å². The predicted molar refractivity (Wildman–Crippen MR) is 115 cm³/mol. The van der Waals surface area contributed by atoms with Crippen LogP contribution < -0.4 is 10.0 Å². The first kappa shape index (κ1) is 21.8. The van der Waals surface area contributed by atoms with Gasteiger partial charge < -0.3 is 10.6 Å². The van der Waals surface area contributed by atoms with Crippen molar-refractivity contribution in [2.45, 2.75) is 31.1 Å². The third kappa shape index (κ3) is 4.64. The molecular formula is C22H27N3O4S. The molecule has 2 aromatic rings. The van der Waals surface area contributed by atoms with E-state index >= 15 is 0 Å². The van der Waals surface area contributed by atoms with Crippen LogP contribution in [0, 0.1) is 5.92 Å². The number of piperidine rings is 1. The number of carbonyl (C=O) groups is 2. The Labute approximate surface area is 177 Å². The van der Waals surface area contributed by atoms with Gasteiger partial charge in [0.05, 0.1) is 10.6 Å². The topological polar surface area (TPSA) is 101 Å². The number of rotatable bonds is 7. The van der Waals surface area contributed by atoms with Gasteiger partial charge in [0.1, 0.15) is 6.54 Å². The summed E-state index contributed by atoms with van der Waals surface area (Å²) in [5, 5.41) is 0. The van der Waals surface area contributed by atoms with Crippen molar-refractivity contribution in [2.24, 2.45) is 11.7 Å². The van der Waals surface area contributed by atoms with Gasteiger partial charge in [-0.1, -0.05) is 43.3 Å². The summed E-state index contributed by atoms with van der Waals surface area (Å²) < 4.78 is 28.1. The fraction of sp³-hybridized carbons (Fsp3) is 0.364. The lowest BCUT2D eigenvalue weighted by Crippen LogP contribution is -2.47. The Morgan fingerprint density at radius 3 is 2.23 bits per heavy atom. The van der Waals surface area contributed by atoms with Gasteiger partial charge in [-0.2, -0.15) is 0 Å². The van der Waals surface area contributed by atoms with E-state index in [1.54, 1.807) is 35.2 Å². The predicted octanol–water partition coefficient (Wildman–Crippen LogP) is 2.17. The number of para-hydroxylation sites is 1. The fourth-order valence-electron chi connectivity index (χ4n) is 3.71. The highest BCUT2D eigenvalue weighted by Crippen LogP contribution is 2.28. The monoisotopic (exact) mass is 429 g/mol. The van der Waals surface area contributed by atoms with E-state index in [9.17, 15) is 18.0 Å². The van der Waals surface area contributed by atoms with Crippen LogP contribution in [0.3, 0.4) is 0 Å². The second-order valence-corrected chi connectivity index (χ2v) is 9.23. The van der Waals surface area contributed by atoms with Gasteiger partial charge in [0.15, 0.2) is 0 Å². The molecule has 2 aromatic carbocycles. The Bertz CT molecular complexity index is 1000. The second-order valence-electron chi connectivity index (χ2n) is 7.36. The summed E-state index contributed by atoms with van der Waals surface area (Å²) in [6.07, 6.45) is 1.63. The molecule has 2 amide bonds. The number of nitrogens with zero attached hydrogens (tertiary/aromatic N) is 2. The van der Waals surface area contributed by atoms with Crippen LogP contribution in [0.5, 0.6) is 0 Å². The molecule has 0 unspecified atom stereocenters. The molecule has 3 rings (SSSR count). The molecule has 0 aromatic heterocycles. The molecule has 8 heteroatoms. The number of aryl methyl sites for hydroxylation is 1. The minimum Gasteiger partial charge on any atom is -0.369 e. The third-order valence-electron chi connectivity index (χ3n) is 5.50. The largest absolute Gasteiger partial charge is 0.369 e. The van der Waals surface area contributed by atoms with E-state index in [0.717, 1.165) is 5.56 Å². The van der Waals surface area contributed by atoms with E-state index in [2.05, 4.69) is 0 Å². The molecule has 0 saturated carbocycles. The third-order valence-corrected chi connectivity index (χ3v) is 7.28. The van der Waals surface area contributed by atoms with Crippen LogP contribution in [0.2, 0.25) is 0 Å². The molecule has 1 aliphatic rings. The molecule has 1 heterocycles. The number of benzene rings is 2. The maximum atomic E-state index is 13.5. The van der Waals surface area contributed by atoms with E-state index in [1.165, 1.54) is 16.4 Å². The van der Waals surface area contributed by atoms with Gasteiger partial charge in [0.2, 0.25) is 11.8 Å². The zero-order valence-corrected chi connectivity index (χ0v) is 17.8. The van der Waals surface area contributed by atoms with Crippen molar-refractivity contribution in [1.29, 1.82) is 0 Å². The molecule has 0 radical (unpaired) electrons. The average molecular weight is 430 g/mol. The van der Waals surface area contributed by atoms with Gasteiger partial charge in [-0.3, -0.25) is 13.9 Å². The molecule has 1 saturated heterocycles. The van der Waals surface area contributed by atoms with E-state index in [-0.39, 0.29) is 29.2 Å². The normalized spacial score (nSPS) is 15.0. The van der Waals surface area contributed by atoms with Gasteiger partial charge in [-0.15, -0.1) is 0 Å². The molecule has 0 atom stereocenters. The fourth-order valence-corrected chi connectivity index (χ4v) is 5.18. The molecule has 2 N–H and O–H groups in total. The lowest BCUT2D eigenvalue weighted by molar-refractivity contribution is -0.133. The molecule has 7 nitrogen and oxygen atoms in total. The van der Waals surface area contributed by atoms with Crippen LogP contribution in [-0.2, 0) is 26.0 Å². The number of primary amides is 1. The van der Waals surface area contributed by atoms with Crippen molar-refractivity contribution in [3.63, 3.8) is 0 Å². The van der Waals surface area contributed by atoms with E-state index < -0.39 is 10.0 Å². The Hall–Kier alpha value is -2.87. The summed E-state index contributed by atoms with van der Waals surface area (Å²) >= 11 is 0. The molecule has 0 aliphatic carbocycles. The number of likely N-dealkylation sites (tertiary alicyclic amines) is 1. The molecule has 0 spiro atoms. The minimum absolute atomic E-state index is 0.135. The zero-order chi connectivity index (χ0) is 21.7. The number of hydrogen-bond acceptors (Lipinski definition) is 4. The van der Waals surface area contributed by atoms with Crippen molar-refractivity contribution >= 4 is 27.5 Å². The van der Waals surface area contributed by atoms with Crippen LogP contribution in [0.25, 0.3) is 0 Å². The smallest absolute Gasteiger partial charge is 0.264 e. The maximum absolute atomic E-state index is 13.5. The molecular weight excluding hydrogens is 402 g/mol. The van der Waals surface area contributed by atoms with Crippen LogP contribution in [-0.4, -0.2) is 44.8 Å². The second kappa shape index (κ2) is 9.30. The quantitative estimate of drug-likeness (QED) is 0.729. The molecule has 1 aliphatic heterocycles. The standard InChI is InChI=1S/C22H27N3O4S/c1-2-17-8-6-7-11-20(17)25(30(28,29)19-9-4-3-5-10-19)16-21(26)24-14-12-18(13-15-24)22(23)27/h3-11,18H,2,12-16H2,1H3,(H2,23,27). The average Bonchev–Trinajstić information content (AvgIpc) is 2.77. The zero-order valence-electron chi connectivity index (χ0n) is 17.0. The van der Waals surface area contributed by atoms with Crippen LogP contribution in [0.1, 0.15) is 25.3 Å². The van der Waals surface area contributed by atoms with E-state index in [1.807, 2.05) is 19.1 Å². The molecule has 30 heavy (non-hydrogen) atoms. The van der Waals surface area contributed by atoms with Gasteiger partial charge in [-0.25, -0.2) is 8.42 Å². The van der Waals surface area contributed by atoms with Gasteiger partial charge in [-0.05, 0) is 43.0 Å². The van der Waals surface area contributed by atoms with Crippen molar-refractivity contribution in [2.75, 3.05) is 23.9 Å². The van der Waals surface area contributed by atoms with Crippen molar-refractivity contribution < 1.29 is 18.0 Å². The maximum Gasteiger partial charge on any atom is 0.264 e. The summed E-state index contributed by atoms with van der Waals surface area (Å²) in [4.78, 5) is 26.2.